The molecular weight excluding hydrogens is 266 g/mol. The van der Waals surface area contributed by atoms with Crippen LogP contribution in [0.15, 0.2) is 23.1 Å². The fourth-order valence-corrected chi connectivity index (χ4v) is 2.03. The summed E-state index contributed by atoms with van der Waals surface area (Å²) in [5, 5.41) is 2.68. The molecule has 0 spiro atoms. The maximum absolute atomic E-state index is 11.5. The fraction of sp³-hybridized carbons (Fsp3) is 0.417. The zero-order valence-corrected chi connectivity index (χ0v) is 11.5. The quantitative estimate of drug-likeness (QED) is 0.705. The summed E-state index contributed by atoms with van der Waals surface area (Å²) < 4.78 is 1.55. The molecule has 19 heavy (non-hydrogen) atoms. The number of rotatable bonds is 7. The lowest BCUT2D eigenvalue weighted by molar-refractivity contribution is -0.118. The van der Waals surface area contributed by atoms with Gasteiger partial charge in [0.15, 0.2) is 0 Å². The van der Waals surface area contributed by atoms with Gasteiger partial charge < -0.3 is 15.6 Å². The maximum Gasteiger partial charge on any atom is 0.250 e. The molecule has 0 atom stereocenters. The molecule has 7 heteroatoms. The highest BCUT2D eigenvalue weighted by atomic mass is 32.2. The zero-order chi connectivity index (χ0) is 14.3. The Labute approximate surface area is 115 Å². The number of carbonyl (C=O) groups is 2. The van der Waals surface area contributed by atoms with Crippen molar-refractivity contribution in [1.82, 2.24) is 9.88 Å². The van der Waals surface area contributed by atoms with E-state index in [1.807, 2.05) is 6.92 Å². The smallest absolute Gasteiger partial charge is 0.250 e. The minimum Gasteiger partial charge on any atom is -0.369 e. The van der Waals surface area contributed by atoms with Crippen LogP contribution in [0.5, 0.6) is 0 Å². The van der Waals surface area contributed by atoms with Gasteiger partial charge in [0.2, 0.25) is 11.8 Å². The van der Waals surface area contributed by atoms with Crippen LogP contribution in [0, 0.1) is 6.92 Å². The second kappa shape index (κ2) is 7.63. The molecule has 1 rings (SSSR count). The average molecular weight is 283 g/mol. The third-order valence-electron chi connectivity index (χ3n) is 2.28. The van der Waals surface area contributed by atoms with Gasteiger partial charge in [-0.25, -0.2) is 0 Å². The summed E-state index contributed by atoms with van der Waals surface area (Å²) in [5.41, 5.74) is 5.85. The SMILES string of the molecule is Cc1ccc(=O)n(CCNC(=O)CSCC(N)=O)c1. The van der Waals surface area contributed by atoms with Crippen molar-refractivity contribution < 1.29 is 9.59 Å². The molecule has 104 valence electrons. The van der Waals surface area contributed by atoms with Crippen LogP contribution in [0.2, 0.25) is 0 Å². The van der Waals surface area contributed by atoms with Crippen LogP contribution in [0.1, 0.15) is 5.56 Å². The second-order valence-electron chi connectivity index (χ2n) is 4.05. The molecule has 0 unspecified atom stereocenters. The van der Waals surface area contributed by atoms with Gasteiger partial charge in [-0.15, -0.1) is 11.8 Å². The van der Waals surface area contributed by atoms with Gasteiger partial charge in [0, 0.05) is 25.4 Å². The Morgan fingerprint density at radius 2 is 2.11 bits per heavy atom. The highest BCUT2D eigenvalue weighted by Crippen LogP contribution is 1.97. The van der Waals surface area contributed by atoms with E-state index in [9.17, 15) is 14.4 Å². The lowest BCUT2D eigenvalue weighted by Gasteiger charge is -2.07. The summed E-state index contributed by atoms with van der Waals surface area (Å²) in [6.45, 7) is 2.70. The number of aromatic nitrogens is 1. The van der Waals surface area contributed by atoms with Crippen molar-refractivity contribution in [2.75, 3.05) is 18.1 Å². The molecule has 1 aromatic rings. The summed E-state index contributed by atoms with van der Waals surface area (Å²) >= 11 is 1.17. The lowest BCUT2D eigenvalue weighted by Crippen LogP contribution is -2.31. The molecule has 1 heterocycles. The Balaban J connectivity index is 2.30. The largest absolute Gasteiger partial charge is 0.369 e. The van der Waals surface area contributed by atoms with E-state index >= 15 is 0 Å². The van der Waals surface area contributed by atoms with Crippen LogP contribution in [0.25, 0.3) is 0 Å². The topological polar surface area (TPSA) is 94.2 Å². The van der Waals surface area contributed by atoms with Crippen molar-refractivity contribution in [3.63, 3.8) is 0 Å². The van der Waals surface area contributed by atoms with Crippen molar-refractivity contribution in [3.05, 3.63) is 34.2 Å². The number of carbonyl (C=O) groups excluding carboxylic acids is 2. The second-order valence-corrected chi connectivity index (χ2v) is 5.03. The van der Waals surface area contributed by atoms with Crippen molar-refractivity contribution in [1.29, 1.82) is 0 Å². The Morgan fingerprint density at radius 1 is 1.37 bits per heavy atom. The fourth-order valence-electron chi connectivity index (χ4n) is 1.44. The first kappa shape index (κ1) is 15.3. The van der Waals surface area contributed by atoms with E-state index in [-0.39, 0.29) is 23.0 Å². The third kappa shape index (κ3) is 6.10. The molecular formula is C12H17N3O3S. The molecule has 6 nitrogen and oxygen atoms in total. The van der Waals surface area contributed by atoms with Gasteiger partial charge in [0.05, 0.1) is 11.5 Å². The van der Waals surface area contributed by atoms with Crippen molar-refractivity contribution in [2.24, 2.45) is 5.73 Å². The predicted molar refractivity (Wildman–Crippen MR) is 75.0 cm³/mol. The molecule has 0 fully saturated rings. The third-order valence-corrected chi connectivity index (χ3v) is 3.24. The van der Waals surface area contributed by atoms with E-state index in [0.717, 1.165) is 5.56 Å². The lowest BCUT2D eigenvalue weighted by atomic mass is 10.3. The predicted octanol–water partition coefficient (Wildman–Crippen LogP) is -0.509. The van der Waals surface area contributed by atoms with E-state index in [2.05, 4.69) is 5.32 Å². The van der Waals surface area contributed by atoms with E-state index in [1.165, 1.54) is 17.8 Å². The number of nitrogens with zero attached hydrogens (tertiary/aromatic N) is 1. The number of hydrogen-bond acceptors (Lipinski definition) is 4. The van der Waals surface area contributed by atoms with Crippen LogP contribution in [-0.2, 0) is 16.1 Å². The van der Waals surface area contributed by atoms with Gasteiger partial charge in [-0.05, 0) is 12.5 Å². The standard InChI is InChI=1S/C12H17N3O3S/c1-9-2-3-12(18)15(6-9)5-4-14-11(17)8-19-7-10(13)16/h2-3,6H,4-5,7-8H2,1H3,(H2,13,16)(H,14,17). The first-order valence-corrected chi connectivity index (χ1v) is 6.94. The minimum atomic E-state index is -0.441. The summed E-state index contributed by atoms with van der Waals surface area (Å²) in [4.78, 5) is 33.4. The number of primary amides is 1. The van der Waals surface area contributed by atoms with Crippen molar-refractivity contribution in [2.45, 2.75) is 13.5 Å². The average Bonchev–Trinajstić information content (AvgIpc) is 2.33. The normalized spacial score (nSPS) is 10.2. The molecule has 0 bridgehead atoms. The Bertz CT molecular complexity index is 513. The number of hydrogen-bond donors (Lipinski definition) is 2. The molecule has 0 saturated heterocycles. The number of amides is 2. The molecule has 0 aliphatic heterocycles. The highest BCUT2D eigenvalue weighted by molar-refractivity contribution is 8.00. The number of nitrogens with one attached hydrogen (secondary N) is 1. The van der Waals surface area contributed by atoms with Gasteiger partial charge in [-0.1, -0.05) is 6.07 Å². The summed E-state index contributed by atoms with van der Waals surface area (Å²) in [5.74, 6) is -0.299. The van der Waals surface area contributed by atoms with E-state index < -0.39 is 5.91 Å². The number of thioether (sulfide) groups is 1. The van der Waals surface area contributed by atoms with Crippen LogP contribution in [0.3, 0.4) is 0 Å². The van der Waals surface area contributed by atoms with Gasteiger partial charge >= 0.3 is 0 Å². The molecule has 0 aliphatic carbocycles. The van der Waals surface area contributed by atoms with Gasteiger partial charge in [0.1, 0.15) is 0 Å². The number of pyridine rings is 1. The van der Waals surface area contributed by atoms with Gasteiger partial charge in [-0.2, -0.15) is 0 Å². The zero-order valence-electron chi connectivity index (χ0n) is 10.7. The molecule has 0 radical (unpaired) electrons. The molecule has 1 aromatic heterocycles. The van der Waals surface area contributed by atoms with Crippen LogP contribution in [-0.4, -0.2) is 34.4 Å². The van der Waals surface area contributed by atoms with Crippen LogP contribution >= 0.6 is 11.8 Å². The Hall–Kier alpha value is -1.76. The van der Waals surface area contributed by atoms with E-state index in [4.69, 9.17) is 5.73 Å². The highest BCUT2D eigenvalue weighted by Gasteiger charge is 2.03. The summed E-state index contributed by atoms with van der Waals surface area (Å²) in [6, 6.07) is 3.25. The van der Waals surface area contributed by atoms with Crippen LogP contribution in [0.4, 0.5) is 0 Å². The molecule has 3 N–H and O–H groups in total. The monoisotopic (exact) mass is 283 g/mol. The Morgan fingerprint density at radius 3 is 2.79 bits per heavy atom. The summed E-state index contributed by atoms with van der Waals surface area (Å²) in [7, 11) is 0. The van der Waals surface area contributed by atoms with E-state index in [1.54, 1.807) is 16.8 Å². The summed E-state index contributed by atoms with van der Waals surface area (Å²) in [6.07, 6.45) is 1.75. The number of aryl methyl sites for hydroxylation is 1. The van der Waals surface area contributed by atoms with Crippen molar-refractivity contribution >= 4 is 23.6 Å². The Kier molecular flexibility index (Phi) is 6.14. The first-order chi connectivity index (χ1) is 8.99. The van der Waals surface area contributed by atoms with E-state index in [0.29, 0.717) is 13.1 Å². The number of nitrogens with two attached hydrogens (primary N) is 1. The minimum absolute atomic E-state index is 0.0945. The van der Waals surface area contributed by atoms with Crippen molar-refractivity contribution in [3.8, 4) is 0 Å². The van der Waals surface area contributed by atoms with Crippen LogP contribution < -0.4 is 16.6 Å². The molecule has 0 saturated carbocycles. The first-order valence-electron chi connectivity index (χ1n) is 5.79. The molecule has 0 aliphatic rings. The van der Waals surface area contributed by atoms with Gasteiger partial charge in [0.25, 0.3) is 5.56 Å². The maximum atomic E-state index is 11.5. The molecule has 2 amide bonds. The molecule has 0 aromatic carbocycles. The van der Waals surface area contributed by atoms with Gasteiger partial charge in [-0.3, -0.25) is 14.4 Å².